The van der Waals surface area contributed by atoms with E-state index in [4.69, 9.17) is 4.74 Å². The molecule has 1 aliphatic heterocycles. The summed E-state index contributed by atoms with van der Waals surface area (Å²) in [5.74, 6) is 0.0588. The van der Waals surface area contributed by atoms with Crippen LogP contribution in [0.25, 0.3) is 0 Å². The van der Waals surface area contributed by atoms with Crippen LogP contribution in [0.5, 0.6) is 0 Å². The molecule has 0 aliphatic carbocycles. The monoisotopic (exact) mass is 354 g/mol. The van der Waals surface area contributed by atoms with Crippen LogP contribution in [0.4, 0.5) is 5.69 Å². The van der Waals surface area contributed by atoms with Gasteiger partial charge in [0.1, 0.15) is 0 Å². The van der Waals surface area contributed by atoms with Crippen LogP contribution in [0.2, 0.25) is 0 Å². The number of ether oxygens (including phenoxy) is 1. The van der Waals surface area contributed by atoms with Crippen molar-refractivity contribution in [3.63, 3.8) is 0 Å². The van der Waals surface area contributed by atoms with Crippen LogP contribution in [-0.4, -0.2) is 42.6 Å². The Morgan fingerprint density at radius 3 is 2.67 bits per heavy atom. The van der Waals surface area contributed by atoms with Crippen LogP contribution in [-0.2, 0) is 9.53 Å². The number of hydrogen-bond acceptors (Lipinski definition) is 3. The van der Waals surface area contributed by atoms with Crippen LogP contribution < -0.4 is 5.32 Å². The summed E-state index contributed by atoms with van der Waals surface area (Å²) in [7, 11) is 0. The summed E-state index contributed by atoms with van der Waals surface area (Å²) in [6.07, 6.45) is 0.992. The lowest BCUT2D eigenvalue weighted by atomic mass is 10.2. The van der Waals surface area contributed by atoms with Crippen molar-refractivity contribution in [1.29, 1.82) is 0 Å². The van der Waals surface area contributed by atoms with Gasteiger partial charge in [0, 0.05) is 36.2 Å². The number of rotatable bonds is 4. The highest BCUT2D eigenvalue weighted by atomic mass is 79.9. The largest absolute Gasteiger partial charge is 0.373 e. The van der Waals surface area contributed by atoms with Crippen LogP contribution in [0.15, 0.2) is 22.7 Å². The first-order valence-corrected chi connectivity index (χ1v) is 8.17. The normalized spacial score (nSPS) is 23.0. The van der Waals surface area contributed by atoms with Crippen molar-refractivity contribution in [1.82, 2.24) is 4.90 Å². The summed E-state index contributed by atoms with van der Waals surface area (Å²) in [5, 5.41) is 2.95. The number of nitrogens with one attached hydrogen (secondary N) is 1. The van der Waals surface area contributed by atoms with Gasteiger partial charge in [-0.2, -0.15) is 0 Å². The number of nitrogens with zero attached hydrogens (tertiary/aromatic N) is 1. The number of amides is 1. The van der Waals surface area contributed by atoms with E-state index in [9.17, 15) is 4.79 Å². The molecule has 21 heavy (non-hydrogen) atoms. The van der Waals surface area contributed by atoms with E-state index in [1.54, 1.807) is 0 Å². The highest BCUT2D eigenvalue weighted by Crippen LogP contribution is 2.20. The molecule has 2 atom stereocenters. The molecule has 1 saturated heterocycles. The third-order valence-electron chi connectivity index (χ3n) is 3.59. The molecule has 0 unspecified atom stereocenters. The molecule has 5 heteroatoms. The van der Waals surface area contributed by atoms with E-state index in [2.05, 4.69) is 40.0 Å². The summed E-state index contributed by atoms with van der Waals surface area (Å²) in [6, 6.07) is 5.84. The van der Waals surface area contributed by atoms with Gasteiger partial charge in [0.2, 0.25) is 5.91 Å². The Kier molecular flexibility index (Phi) is 5.79. The Bertz CT molecular complexity index is 497. The lowest BCUT2D eigenvalue weighted by molar-refractivity contribution is -0.117. The quantitative estimate of drug-likeness (QED) is 0.902. The van der Waals surface area contributed by atoms with Crippen molar-refractivity contribution in [2.24, 2.45) is 0 Å². The molecule has 0 spiro atoms. The first kappa shape index (κ1) is 16.5. The fourth-order valence-corrected chi connectivity index (χ4v) is 2.92. The number of benzene rings is 1. The standard InChI is InChI=1S/C16H23BrN2O2/c1-11-8-14(4-5-15(11)17)18-16(20)6-7-19-9-12(2)21-13(3)10-19/h4-5,8,12-13H,6-7,9-10H2,1-3H3,(H,18,20)/t12-,13-/m1/s1. The summed E-state index contributed by atoms with van der Waals surface area (Å²) in [4.78, 5) is 14.3. The smallest absolute Gasteiger partial charge is 0.225 e. The Morgan fingerprint density at radius 1 is 1.38 bits per heavy atom. The van der Waals surface area contributed by atoms with Crippen molar-refractivity contribution in [2.45, 2.75) is 39.4 Å². The number of aryl methyl sites for hydroxylation is 1. The van der Waals surface area contributed by atoms with Gasteiger partial charge in [0.05, 0.1) is 12.2 Å². The average Bonchev–Trinajstić information content (AvgIpc) is 2.40. The maximum absolute atomic E-state index is 12.0. The van der Waals surface area contributed by atoms with Crippen molar-refractivity contribution < 1.29 is 9.53 Å². The molecule has 1 N–H and O–H groups in total. The Morgan fingerprint density at radius 2 is 2.05 bits per heavy atom. The molecule has 1 fully saturated rings. The molecule has 1 heterocycles. The summed E-state index contributed by atoms with van der Waals surface area (Å²) < 4.78 is 6.75. The Hall–Kier alpha value is -0.910. The topological polar surface area (TPSA) is 41.6 Å². The predicted molar refractivity (Wildman–Crippen MR) is 88.6 cm³/mol. The van der Waals surface area contributed by atoms with Gasteiger partial charge >= 0.3 is 0 Å². The molecule has 0 radical (unpaired) electrons. The molecular weight excluding hydrogens is 332 g/mol. The molecular formula is C16H23BrN2O2. The lowest BCUT2D eigenvalue weighted by Crippen LogP contribution is -2.46. The SMILES string of the molecule is Cc1cc(NC(=O)CCN2C[C@@H](C)O[C@H](C)C2)ccc1Br. The van der Waals surface area contributed by atoms with E-state index < -0.39 is 0 Å². The van der Waals surface area contributed by atoms with Gasteiger partial charge in [-0.15, -0.1) is 0 Å². The Balaban J connectivity index is 1.80. The maximum atomic E-state index is 12.0. The van der Waals surface area contributed by atoms with Crippen molar-refractivity contribution in [3.05, 3.63) is 28.2 Å². The van der Waals surface area contributed by atoms with Gasteiger partial charge in [-0.25, -0.2) is 0 Å². The van der Waals surface area contributed by atoms with Crippen LogP contribution >= 0.6 is 15.9 Å². The molecule has 1 aromatic carbocycles. The summed E-state index contributed by atoms with van der Waals surface area (Å²) >= 11 is 3.46. The van der Waals surface area contributed by atoms with E-state index in [0.717, 1.165) is 35.4 Å². The van der Waals surface area contributed by atoms with Gasteiger partial charge in [0.15, 0.2) is 0 Å². The van der Waals surface area contributed by atoms with Crippen molar-refractivity contribution >= 4 is 27.5 Å². The second kappa shape index (κ2) is 7.38. The molecule has 1 amide bonds. The zero-order chi connectivity index (χ0) is 15.4. The van der Waals surface area contributed by atoms with Crippen LogP contribution in [0, 0.1) is 6.92 Å². The third kappa shape index (κ3) is 5.09. The zero-order valence-corrected chi connectivity index (χ0v) is 14.4. The van der Waals surface area contributed by atoms with Crippen LogP contribution in [0.1, 0.15) is 25.8 Å². The minimum atomic E-state index is 0.0588. The highest BCUT2D eigenvalue weighted by molar-refractivity contribution is 9.10. The predicted octanol–water partition coefficient (Wildman–Crippen LogP) is 3.20. The van der Waals surface area contributed by atoms with E-state index in [0.29, 0.717) is 6.42 Å². The van der Waals surface area contributed by atoms with Gasteiger partial charge in [-0.3, -0.25) is 9.69 Å². The van der Waals surface area contributed by atoms with E-state index in [1.807, 2.05) is 25.1 Å². The van der Waals surface area contributed by atoms with Crippen LogP contribution in [0.3, 0.4) is 0 Å². The molecule has 1 aromatic rings. The van der Waals surface area contributed by atoms with Gasteiger partial charge in [0.25, 0.3) is 0 Å². The highest BCUT2D eigenvalue weighted by Gasteiger charge is 2.22. The van der Waals surface area contributed by atoms with Gasteiger partial charge < -0.3 is 10.1 Å². The van der Waals surface area contributed by atoms with Crippen molar-refractivity contribution in [3.8, 4) is 0 Å². The summed E-state index contributed by atoms with van der Waals surface area (Å²) in [5.41, 5.74) is 1.97. The number of carbonyl (C=O) groups excluding carboxylic acids is 1. The minimum Gasteiger partial charge on any atom is -0.373 e. The maximum Gasteiger partial charge on any atom is 0.225 e. The minimum absolute atomic E-state index is 0.0588. The molecule has 0 aromatic heterocycles. The third-order valence-corrected chi connectivity index (χ3v) is 4.48. The van der Waals surface area contributed by atoms with Gasteiger partial charge in [-0.1, -0.05) is 15.9 Å². The van der Waals surface area contributed by atoms with E-state index in [1.165, 1.54) is 0 Å². The molecule has 116 valence electrons. The van der Waals surface area contributed by atoms with E-state index >= 15 is 0 Å². The fraction of sp³-hybridized carbons (Fsp3) is 0.562. The number of anilines is 1. The number of carbonyl (C=O) groups is 1. The molecule has 1 aliphatic rings. The van der Waals surface area contributed by atoms with Crippen molar-refractivity contribution in [2.75, 3.05) is 25.0 Å². The average molecular weight is 355 g/mol. The molecule has 0 bridgehead atoms. The zero-order valence-electron chi connectivity index (χ0n) is 12.9. The first-order chi connectivity index (χ1) is 9.94. The second-order valence-electron chi connectivity index (χ2n) is 5.78. The first-order valence-electron chi connectivity index (χ1n) is 7.38. The fourth-order valence-electron chi connectivity index (χ4n) is 2.67. The molecule has 2 rings (SSSR count). The molecule has 4 nitrogen and oxygen atoms in total. The second-order valence-corrected chi connectivity index (χ2v) is 6.63. The number of hydrogen-bond donors (Lipinski definition) is 1. The molecule has 0 saturated carbocycles. The number of morpholine rings is 1. The van der Waals surface area contributed by atoms with Gasteiger partial charge in [-0.05, 0) is 44.5 Å². The number of halogens is 1. The van der Waals surface area contributed by atoms with E-state index in [-0.39, 0.29) is 18.1 Å². The Labute approximate surface area is 135 Å². The summed E-state index contributed by atoms with van der Waals surface area (Å²) in [6.45, 7) is 8.74. The lowest BCUT2D eigenvalue weighted by Gasteiger charge is -2.35.